The van der Waals surface area contributed by atoms with E-state index < -0.39 is 0 Å². The average molecular weight is 440 g/mol. The summed E-state index contributed by atoms with van der Waals surface area (Å²) < 4.78 is 8.69. The van der Waals surface area contributed by atoms with E-state index in [0.29, 0.717) is 5.75 Å². The highest BCUT2D eigenvalue weighted by Gasteiger charge is 2.11. The molecule has 1 aromatic heterocycles. The van der Waals surface area contributed by atoms with Crippen molar-refractivity contribution < 1.29 is 9.53 Å². The first-order valence-electron chi connectivity index (χ1n) is 8.91. The Morgan fingerprint density at radius 2 is 1.86 bits per heavy atom. The molecule has 1 amide bonds. The van der Waals surface area contributed by atoms with Gasteiger partial charge in [0.2, 0.25) is 0 Å². The van der Waals surface area contributed by atoms with Crippen molar-refractivity contribution in [1.29, 1.82) is 0 Å². The Labute approximate surface area is 173 Å². The van der Waals surface area contributed by atoms with Crippen molar-refractivity contribution in [2.45, 2.75) is 20.8 Å². The van der Waals surface area contributed by atoms with Gasteiger partial charge in [0.25, 0.3) is 5.91 Å². The number of hydrogen-bond donors (Lipinski definition) is 1. The van der Waals surface area contributed by atoms with Gasteiger partial charge in [-0.25, -0.2) is 5.43 Å². The number of nitrogens with zero attached hydrogens (tertiary/aromatic N) is 2. The number of carbonyl (C=O) groups is 1. The van der Waals surface area contributed by atoms with Crippen LogP contribution in [-0.4, -0.2) is 23.3 Å². The number of hydrogen-bond acceptors (Lipinski definition) is 3. The summed E-state index contributed by atoms with van der Waals surface area (Å²) in [5, 5.41) is 4.08. The summed E-state index contributed by atoms with van der Waals surface area (Å²) in [5.74, 6) is 0.387. The maximum atomic E-state index is 12.0. The van der Waals surface area contributed by atoms with E-state index in [0.717, 1.165) is 32.7 Å². The van der Waals surface area contributed by atoms with Gasteiger partial charge in [0.1, 0.15) is 5.75 Å². The lowest BCUT2D eigenvalue weighted by atomic mass is 10.2. The summed E-state index contributed by atoms with van der Waals surface area (Å²) in [6, 6.07) is 17.7. The van der Waals surface area contributed by atoms with Crippen LogP contribution in [0, 0.1) is 20.8 Å². The lowest BCUT2D eigenvalue weighted by Crippen LogP contribution is -2.24. The molecule has 0 saturated heterocycles. The lowest BCUT2D eigenvalue weighted by Gasteiger charge is -2.11. The molecule has 1 heterocycles. The summed E-state index contributed by atoms with van der Waals surface area (Å²) in [4.78, 5) is 12.0. The van der Waals surface area contributed by atoms with Crippen molar-refractivity contribution >= 4 is 28.1 Å². The van der Waals surface area contributed by atoms with Gasteiger partial charge < -0.3 is 9.30 Å². The number of aromatic nitrogens is 1. The van der Waals surface area contributed by atoms with Gasteiger partial charge in [-0.3, -0.25) is 4.79 Å². The Kier molecular flexibility index (Phi) is 6.31. The zero-order valence-electron chi connectivity index (χ0n) is 16.1. The van der Waals surface area contributed by atoms with E-state index >= 15 is 0 Å². The number of rotatable bonds is 6. The zero-order valence-corrected chi connectivity index (χ0v) is 17.7. The number of amides is 1. The number of para-hydroxylation sites is 2. The number of aryl methyl sites for hydroxylation is 2. The minimum absolute atomic E-state index is 0.0851. The molecule has 0 spiro atoms. The maximum absolute atomic E-state index is 12.0. The molecule has 0 aliphatic rings. The van der Waals surface area contributed by atoms with Crippen LogP contribution < -0.4 is 10.2 Å². The number of nitrogens with one attached hydrogen (secondary N) is 1. The molecule has 144 valence electrons. The molecule has 0 saturated carbocycles. The zero-order chi connectivity index (χ0) is 20.1. The van der Waals surface area contributed by atoms with Crippen LogP contribution in [0.5, 0.6) is 5.75 Å². The van der Waals surface area contributed by atoms with Crippen LogP contribution in [0.1, 0.15) is 22.5 Å². The molecular weight excluding hydrogens is 418 g/mol. The van der Waals surface area contributed by atoms with Crippen molar-refractivity contribution in [2.24, 2.45) is 5.10 Å². The summed E-state index contributed by atoms with van der Waals surface area (Å²) in [5.41, 5.74) is 7.62. The topological polar surface area (TPSA) is 55.6 Å². The van der Waals surface area contributed by atoms with Crippen LogP contribution in [0.3, 0.4) is 0 Å². The third-order valence-electron chi connectivity index (χ3n) is 4.41. The molecule has 0 aliphatic heterocycles. The van der Waals surface area contributed by atoms with E-state index in [2.05, 4.69) is 37.1 Å². The first-order chi connectivity index (χ1) is 13.5. The Hall–Kier alpha value is -2.86. The Bertz CT molecular complexity index is 1020. The number of benzene rings is 2. The van der Waals surface area contributed by atoms with Gasteiger partial charge in [-0.05, 0) is 66.5 Å². The molecule has 0 atom stereocenters. The molecule has 28 heavy (non-hydrogen) atoms. The molecule has 5 nitrogen and oxygen atoms in total. The maximum Gasteiger partial charge on any atom is 0.277 e. The largest absolute Gasteiger partial charge is 0.483 e. The van der Waals surface area contributed by atoms with Crippen molar-refractivity contribution in [2.75, 3.05) is 6.61 Å². The van der Waals surface area contributed by atoms with Crippen LogP contribution in [0.4, 0.5) is 0 Å². The standard InChI is InChI=1S/C22H22BrN3O2/c1-15-8-4-7-11-21(15)28-14-22(27)25-24-13-18-12-16(2)26(17(18)3)20-10-6-5-9-19(20)23/h4-13H,14H2,1-3H3,(H,25,27). The normalized spacial score (nSPS) is 11.0. The number of hydrazone groups is 1. The third kappa shape index (κ3) is 4.51. The van der Waals surface area contributed by atoms with Gasteiger partial charge in [0, 0.05) is 21.4 Å². The van der Waals surface area contributed by atoms with E-state index in [1.165, 1.54) is 0 Å². The second kappa shape index (κ2) is 8.89. The van der Waals surface area contributed by atoms with E-state index in [-0.39, 0.29) is 12.5 Å². The minimum atomic E-state index is -0.306. The molecule has 0 unspecified atom stereocenters. The van der Waals surface area contributed by atoms with Crippen molar-refractivity contribution in [3.05, 3.63) is 81.6 Å². The molecule has 3 rings (SSSR count). The molecule has 1 N–H and O–H groups in total. The molecule has 0 radical (unpaired) electrons. The van der Waals surface area contributed by atoms with E-state index in [4.69, 9.17) is 4.74 Å². The van der Waals surface area contributed by atoms with Gasteiger partial charge in [-0.2, -0.15) is 5.10 Å². The number of ether oxygens (including phenoxy) is 1. The SMILES string of the molecule is Cc1ccccc1OCC(=O)NN=Cc1cc(C)n(-c2ccccc2Br)c1C. The van der Waals surface area contributed by atoms with Crippen LogP contribution in [-0.2, 0) is 4.79 Å². The van der Waals surface area contributed by atoms with Crippen LogP contribution in [0.25, 0.3) is 5.69 Å². The molecule has 0 bridgehead atoms. The van der Waals surface area contributed by atoms with Crippen molar-refractivity contribution in [1.82, 2.24) is 9.99 Å². The highest BCUT2D eigenvalue weighted by atomic mass is 79.9. The van der Waals surface area contributed by atoms with Gasteiger partial charge >= 0.3 is 0 Å². The highest BCUT2D eigenvalue weighted by Crippen LogP contribution is 2.26. The average Bonchev–Trinajstić information content (AvgIpc) is 2.95. The summed E-state index contributed by atoms with van der Waals surface area (Å²) in [6.07, 6.45) is 1.65. The van der Waals surface area contributed by atoms with Crippen molar-refractivity contribution in [3.8, 4) is 11.4 Å². The fourth-order valence-electron chi connectivity index (χ4n) is 2.99. The monoisotopic (exact) mass is 439 g/mol. The van der Waals surface area contributed by atoms with Crippen LogP contribution >= 0.6 is 15.9 Å². The molecule has 2 aromatic carbocycles. The van der Waals surface area contributed by atoms with Gasteiger partial charge in [0.05, 0.1) is 11.9 Å². The minimum Gasteiger partial charge on any atom is -0.483 e. The van der Waals surface area contributed by atoms with Crippen LogP contribution in [0.2, 0.25) is 0 Å². The second-order valence-electron chi connectivity index (χ2n) is 6.46. The number of halogens is 1. The molecule has 0 aliphatic carbocycles. The van der Waals surface area contributed by atoms with E-state index in [9.17, 15) is 4.79 Å². The quantitative estimate of drug-likeness (QED) is 0.447. The van der Waals surface area contributed by atoms with Gasteiger partial charge in [0.15, 0.2) is 6.61 Å². The Balaban J connectivity index is 1.65. The Morgan fingerprint density at radius 1 is 1.14 bits per heavy atom. The Morgan fingerprint density at radius 3 is 2.61 bits per heavy atom. The highest BCUT2D eigenvalue weighted by molar-refractivity contribution is 9.10. The van der Waals surface area contributed by atoms with E-state index in [1.54, 1.807) is 6.21 Å². The summed E-state index contributed by atoms with van der Waals surface area (Å²) >= 11 is 3.60. The van der Waals surface area contributed by atoms with Crippen LogP contribution in [0.15, 0.2) is 64.2 Å². The first-order valence-corrected chi connectivity index (χ1v) is 9.71. The summed E-state index contributed by atoms with van der Waals surface area (Å²) in [6.45, 7) is 5.92. The van der Waals surface area contributed by atoms with Crippen molar-refractivity contribution in [3.63, 3.8) is 0 Å². The predicted molar refractivity (Wildman–Crippen MR) is 115 cm³/mol. The second-order valence-corrected chi connectivity index (χ2v) is 7.31. The molecule has 0 fully saturated rings. The van der Waals surface area contributed by atoms with Gasteiger partial charge in [-0.1, -0.05) is 30.3 Å². The van der Waals surface area contributed by atoms with Gasteiger partial charge in [-0.15, -0.1) is 0 Å². The third-order valence-corrected chi connectivity index (χ3v) is 5.08. The molecule has 3 aromatic rings. The molecule has 6 heteroatoms. The summed E-state index contributed by atoms with van der Waals surface area (Å²) in [7, 11) is 0. The lowest BCUT2D eigenvalue weighted by molar-refractivity contribution is -0.123. The fraction of sp³-hybridized carbons (Fsp3) is 0.182. The number of carbonyl (C=O) groups excluding carboxylic acids is 1. The predicted octanol–water partition coefficient (Wildman–Crippen LogP) is 4.69. The first kappa shape index (κ1) is 19.9. The molecular formula is C22H22BrN3O2. The van der Waals surface area contributed by atoms with E-state index in [1.807, 2.05) is 69.3 Å². The smallest absolute Gasteiger partial charge is 0.277 e. The fourth-order valence-corrected chi connectivity index (χ4v) is 3.45.